The van der Waals surface area contributed by atoms with E-state index in [0.717, 1.165) is 26.9 Å². The number of thioether (sulfide) groups is 1. The van der Waals surface area contributed by atoms with Crippen LogP contribution in [-0.2, 0) is 20.8 Å². The summed E-state index contributed by atoms with van der Waals surface area (Å²) in [6, 6.07) is 20.7. The molecule has 0 saturated heterocycles. The lowest BCUT2D eigenvalue weighted by Gasteiger charge is -2.24. The van der Waals surface area contributed by atoms with E-state index >= 15 is 0 Å². The lowest BCUT2D eigenvalue weighted by Crippen LogP contribution is -2.50. The molecule has 200 valence electrons. The number of rotatable bonds is 10. The Morgan fingerprint density at radius 2 is 1.84 bits per heavy atom. The minimum Gasteiger partial charge on any atom is -0.390 e. The molecular formula is C29H34N4O4S. The van der Waals surface area contributed by atoms with Gasteiger partial charge in [-0.2, -0.15) is 0 Å². The molecule has 0 saturated carbocycles. The minimum absolute atomic E-state index is 0.00562. The lowest BCUT2D eigenvalue weighted by molar-refractivity contribution is -0.129. The Hall–Kier alpha value is -3.40. The summed E-state index contributed by atoms with van der Waals surface area (Å²) in [7, 11) is 0. The van der Waals surface area contributed by atoms with E-state index in [0.29, 0.717) is 6.42 Å². The van der Waals surface area contributed by atoms with Crippen molar-refractivity contribution in [3.05, 3.63) is 72.3 Å². The molecule has 0 bridgehead atoms. The average Bonchev–Trinajstić information content (AvgIpc) is 3.03. The summed E-state index contributed by atoms with van der Waals surface area (Å²) in [5, 5.41) is 17.6. The first-order valence-electron chi connectivity index (χ1n) is 12.8. The second-order valence-electron chi connectivity index (χ2n) is 9.54. The zero-order chi connectivity index (χ0) is 27.1. The second-order valence-corrected chi connectivity index (χ2v) is 11.0. The molecule has 0 fully saturated rings. The summed E-state index contributed by atoms with van der Waals surface area (Å²) in [4.78, 5) is 41.7. The number of aliphatic hydroxyl groups excluding tert-OH is 1. The number of nitrogens with one attached hydrogen (secondary N) is 2. The van der Waals surface area contributed by atoms with E-state index in [4.69, 9.17) is 5.73 Å². The van der Waals surface area contributed by atoms with Gasteiger partial charge < -0.3 is 26.4 Å². The maximum atomic E-state index is 13.1. The van der Waals surface area contributed by atoms with Crippen molar-refractivity contribution in [3.63, 3.8) is 0 Å². The molecule has 5 N–H and O–H groups in total. The van der Waals surface area contributed by atoms with Gasteiger partial charge >= 0.3 is 0 Å². The molecule has 0 aromatic heterocycles. The van der Waals surface area contributed by atoms with Crippen LogP contribution in [0.5, 0.6) is 0 Å². The molecule has 8 nitrogen and oxygen atoms in total. The fourth-order valence-electron chi connectivity index (χ4n) is 4.49. The Labute approximate surface area is 227 Å². The van der Waals surface area contributed by atoms with Gasteiger partial charge in [0.25, 0.3) is 0 Å². The SMILES string of the molecule is CC1CC(=O)N(CCC(=O)NC(Cc2ccc3ccccc3c2)C(=O)NCC(O)CN)c2ccccc2S1. The number of carbonyl (C=O) groups is 3. The second kappa shape index (κ2) is 12.9. The predicted octanol–water partition coefficient (Wildman–Crippen LogP) is 2.61. The lowest BCUT2D eigenvalue weighted by atomic mass is 10.0. The van der Waals surface area contributed by atoms with Crippen molar-refractivity contribution in [2.45, 2.75) is 48.5 Å². The number of hydrogen-bond donors (Lipinski definition) is 4. The minimum atomic E-state index is -0.870. The normalized spacial score (nSPS) is 16.9. The number of hydrogen-bond acceptors (Lipinski definition) is 6. The van der Waals surface area contributed by atoms with Crippen molar-refractivity contribution in [1.82, 2.24) is 10.6 Å². The van der Waals surface area contributed by atoms with Crippen LogP contribution in [-0.4, -0.2) is 59.9 Å². The van der Waals surface area contributed by atoms with E-state index in [2.05, 4.69) is 10.6 Å². The van der Waals surface area contributed by atoms with Gasteiger partial charge in [0, 0.05) is 49.0 Å². The maximum Gasteiger partial charge on any atom is 0.243 e. The Bertz CT molecular complexity index is 1300. The summed E-state index contributed by atoms with van der Waals surface area (Å²) >= 11 is 1.66. The molecule has 38 heavy (non-hydrogen) atoms. The Morgan fingerprint density at radius 1 is 1.11 bits per heavy atom. The molecule has 9 heteroatoms. The van der Waals surface area contributed by atoms with Crippen molar-refractivity contribution in [3.8, 4) is 0 Å². The van der Waals surface area contributed by atoms with Crippen LogP contribution in [0.2, 0.25) is 0 Å². The highest BCUT2D eigenvalue weighted by molar-refractivity contribution is 8.00. The first-order valence-corrected chi connectivity index (χ1v) is 13.7. The van der Waals surface area contributed by atoms with Crippen LogP contribution in [0.3, 0.4) is 0 Å². The smallest absolute Gasteiger partial charge is 0.243 e. The van der Waals surface area contributed by atoms with Gasteiger partial charge in [0.1, 0.15) is 6.04 Å². The molecular weight excluding hydrogens is 500 g/mol. The van der Waals surface area contributed by atoms with E-state index in [-0.39, 0.29) is 49.5 Å². The summed E-state index contributed by atoms with van der Waals surface area (Å²) in [6.07, 6.45) is -0.158. The number of carbonyl (C=O) groups excluding carboxylic acids is 3. The number of anilines is 1. The topological polar surface area (TPSA) is 125 Å². The third-order valence-corrected chi connectivity index (χ3v) is 7.67. The summed E-state index contributed by atoms with van der Waals surface area (Å²) < 4.78 is 0. The van der Waals surface area contributed by atoms with Crippen molar-refractivity contribution in [1.29, 1.82) is 0 Å². The molecule has 1 heterocycles. The molecule has 0 aliphatic carbocycles. The van der Waals surface area contributed by atoms with Crippen LogP contribution < -0.4 is 21.3 Å². The molecule has 4 rings (SSSR count). The van der Waals surface area contributed by atoms with Crippen LogP contribution in [0.15, 0.2) is 71.6 Å². The quantitative estimate of drug-likeness (QED) is 0.317. The fraction of sp³-hybridized carbons (Fsp3) is 0.345. The largest absolute Gasteiger partial charge is 0.390 e. The van der Waals surface area contributed by atoms with Crippen molar-refractivity contribution < 1.29 is 19.5 Å². The highest BCUT2D eigenvalue weighted by Crippen LogP contribution is 2.37. The van der Waals surface area contributed by atoms with Crippen LogP contribution in [0.1, 0.15) is 25.3 Å². The van der Waals surface area contributed by atoms with E-state index in [1.165, 1.54) is 0 Å². The summed E-state index contributed by atoms with van der Waals surface area (Å²) in [5.74, 6) is -0.759. The van der Waals surface area contributed by atoms with Gasteiger partial charge in [0.15, 0.2) is 0 Å². The van der Waals surface area contributed by atoms with Gasteiger partial charge in [-0.25, -0.2) is 0 Å². The number of benzene rings is 3. The van der Waals surface area contributed by atoms with E-state index < -0.39 is 18.1 Å². The Morgan fingerprint density at radius 3 is 2.63 bits per heavy atom. The third kappa shape index (κ3) is 7.12. The van der Waals surface area contributed by atoms with E-state index in [9.17, 15) is 19.5 Å². The molecule has 3 aromatic rings. The molecule has 3 atom stereocenters. The van der Waals surface area contributed by atoms with Crippen molar-refractivity contribution in [2.75, 3.05) is 24.5 Å². The average molecular weight is 535 g/mol. The molecule has 3 unspecified atom stereocenters. The molecule has 1 aliphatic heterocycles. The van der Waals surface area contributed by atoms with Gasteiger partial charge in [0.05, 0.1) is 11.8 Å². The number of nitrogens with zero attached hydrogens (tertiary/aromatic N) is 1. The van der Waals surface area contributed by atoms with Crippen LogP contribution in [0, 0.1) is 0 Å². The van der Waals surface area contributed by atoms with Crippen LogP contribution in [0.4, 0.5) is 5.69 Å². The predicted molar refractivity (Wildman–Crippen MR) is 151 cm³/mol. The molecule has 3 amide bonds. The van der Waals surface area contributed by atoms with Crippen molar-refractivity contribution in [2.24, 2.45) is 5.73 Å². The maximum absolute atomic E-state index is 13.1. The molecule has 0 radical (unpaired) electrons. The van der Waals surface area contributed by atoms with Gasteiger partial charge in [-0.15, -0.1) is 11.8 Å². The van der Waals surface area contributed by atoms with Gasteiger partial charge in [-0.3, -0.25) is 14.4 Å². The highest BCUT2D eigenvalue weighted by atomic mass is 32.2. The third-order valence-electron chi connectivity index (χ3n) is 6.50. The van der Waals surface area contributed by atoms with Gasteiger partial charge in [-0.1, -0.05) is 61.5 Å². The van der Waals surface area contributed by atoms with E-state index in [1.54, 1.807) is 16.7 Å². The number of nitrogens with two attached hydrogens (primary N) is 1. The zero-order valence-electron chi connectivity index (χ0n) is 21.4. The van der Waals surface area contributed by atoms with Crippen molar-refractivity contribution >= 4 is 45.9 Å². The van der Waals surface area contributed by atoms with Gasteiger partial charge in [0.2, 0.25) is 17.7 Å². The Kier molecular flexibility index (Phi) is 9.38. The molecule has 1 aliphatic rings. The first kappa shape index (κ1) is 27.6. The monoisotopic (exact) mass is 534 g/mol. The molecule has 0 spiro atoms. The zero-order valence-corrected chi connectivity index (χ0v) is 22.2. The first-order chi connectivity index (χ1) is 18.3. The summed E-state index contributed by atoms with van der Waals surface area (Å²) in [5.41, 5.74) is 7.16. The highest BCUT2D eigenvalue weighted by Gasteiger charge is 2.27. The number of aliphatic hydroxyl groups is 1. The van der Waals surface area contributed by atoms with Gasteiger partial charge in [-0.05, 0) is 28.5 Å². The number of amides is 3. The standard InChI is InChI=1S/C29H34N4O4S/c1-19-14-28(36)33(25-8-4-5-9-26(25)38-19)13-12-27(35)32-24(29(37)31-18-23(34)17-30)16-20-10-11-21-6-2-3-7-22(21)15-20/h2-11,15,19,23-24,34H,12-14,16-18,30H2,1H3,(H,31,37)(H,32,35). The Balaban J connectivity index is 1.46. The fourth-order valence-corrected chi connectivity index (χ4v) is 5.60. The number of para-hydroxylation sites is 1. The summed E-state index contributed by atoms with van der Waals surface area (Å²) in [6.45, 7) is 2.25. The van der Waals surface area contributed by atoms with Crippen LogP contribution >= 0.6 is 11.8 Å². The molecule has 3 aromatic carbocycles. The number of fused-ring (bicyclic) bond motifs is 2. The van der Waals surface area contributed by atoms with Crippen LogP contribution in [0.25, 0.3) is 10.8 Å². The van der Waals surface area contributed by atoms with E-state index in [1.807, 2.05) is 73.7 Å².